The number of benzene rings is 3. The van der Waals surface area contributed by atoms with E-state index >= 15 is 0 Å². The normalized spacial score (nSPS) is 13.8. The Bertz CT molecular complexity index is 1190. The van der Waals surface area contributed by atoms with Crippen LogP contribution in [0.3, 0.4) is 0 Å². The maximum Gasteiger partial charge on any atom is 0.262 e. The van der Waals surface area contributed by atoms with E-state index in [9.17, 15) is 13.2 Å². The molecule has 0 radical (unpaired) electrons. The molecule has 3 aromatic carbocycles. The number of hydrogen-bond donors (Lipinski definition) is 1. The first kappa shape index (κ1) is 21.9. The van der Waals surface area contributed by atoms with Gasteiger partial charge in [-0.05, 0) is 66.1 Å². The number of nitrogens with zero attached hydrogens (tertiary/aromatic N) is 1. The van der Waals surface area contributed by atoms with Crippen LogP contribution in [0.5, 0.6) is 11.5 Å². The van der Waals surface area contributed by atoms with Crippen LogP contribution < -0.4 is 14.8 Å². The average molecular weight is 453 g/mol. The molecule has 1 aliphatic heterocycles. The highest BCUT2D eigenvalue weighted by molar-refractivity contribution is 7.89. The summed E-state index contributed by atoms with van der Waals surface area (Å²) in [5.74, 6) is 0.970. The van der Waals surface area contributed by atoms with Gasteiger partial charge in [0.15, 0.2) is 6.61 Å². The van der Waals surface area contributed by atoms with E-state index in [0.717, 1.165) is 11.1 Å². The minimum absolute atomic E-state index is 0.141. The van der Waals surface area contributed by atoms with Gasteiger partial charge >= 0.3 is 0 Å². The molecular formula is C24H24N2O5S. The zero-order chi connectivity index (χ0) is 22.6. The van der Waals surface area contributed by atoms with Crippen molar-refractivity contribution in [2.24, 2.45) is 0 Å². The third-order valence-corrected chi connectivity index (χ3v) is 7.14. The molecule has 1 amide bonds. The highest BCUT2D eigenvalue weighted by atomic mass is 32.2. The van der Waals surface area contributed by atoms with E-state index in [1.165, 1.54) is 4.31 Å². The maximum absolute atomic E-state index is 13.0. The third-order valence-electron chi connectivity index (χ3n) is 5.28. The fourth-order valence-corrected chi connectivity index (χ4v) is 5.01. The molecule has 0 unspecified atom stereocenters. The van der Waals surface area contributed by atoms with Crippen molar-refractivity contribution < 1.29 is 22.7 Å². The standard InChI is InChI=1S/C24H24N2O5S/c1-30-21-9-11-22(12-10-21)31-17-24(27)25-20-8-7-18-13-14-26(16-19(18)15-20)32(28,29)23-5-3-2-4-6-23/h2-12,15H,13-14,16-17H2,1H3,(H,25,27). The first-order valence-corrected chi connectivity index (χ1v) is 11.6. The van der Waals surface area contributed by atoms with E-state index in [0.29, 0.717) is 30.2 Å². The first-order valence-electron chi connectivity index (χ1n) is 10.2. The lowest BCUT2D eigenvalue weighted by Crippen LogP contribution is -2.36. The minimum Gasteiger partial charge on any atom is -0.497 e. The smallest absolute Gasteiger partial charge is 0.262 e. The SMILES string of the molecule is COc1ccc(OCC(=O)Nc2ccc3c(c2)CN(S(=O)(=O)c2ccccc2)CC3)cc1. The average Bonchev–Trinajstić information content (AvgIpc) is 2.83. The molecule has 1 N–H and O–H groups in total. The highest BCUT2D eigenvalue weighted by Crippen LogP contribution is 2.27. The molecule has 0 saturated heterocycles. The summed E-state index contributed by atoms with van der Waals surface area (Å²) in [6.07, 6.45) is 0.621. The molecule has 3 aromatic rings. The van der Waals surface area contributed by atoms with Gasteiger partial charge in [-0.2, -0.15) is 4.31 Å². The molecule has 0 spiro atoms. The molecule has 1 aliphatic rings. The van der Waals surface area contributed by atoms with Crippen molar-refractivity contribution in [3.05, 3.63) is 83.9 Å². The fraction of sp³-hybridized carbons (Fsp3) is 0.208. The quantitative estimate of drug-likeness (QED) is 0.594. The Morgan fingerprint density at radius 1 is 0.969 bits per heavy atom. The molecular weight excluding hydrogens is 428 g/mol. The summed E-state index contributed by atoms with van der Waals surface area (Å²) >= 11 is 0. The predicted molar refractivity (Wildman–Crippen MR) is 121 cm³/mol. The van der Waals surface area contributed by atoms with Crippen molar-refractivity contribution in [1.29, 1.82) is 0 Å². The number of methoxy groups -OCH3 is 1. The molecule has 4 rings (SSSR count). The van der Waals surface area contributed by atoms with Crippen molar-refractivity contribution in [2.45, 2.75) is 17.9 Å². The molecule has 0 aromatic heterocycles. The van der Waals surface area contributed by atoms with E-state index in [4.69, 9.17) is 9.47 Å². The third kappa shape index (κ3) is 4.92. The van der Waals surface area contributed by atoms with Crippen LogP contribution in [0.25, 0.3) is 0 Å². The van der Waals surface area contributed by atoms with Gasteiger partial charge in [-0.1, -0.05) is 24.3 Å². The highest BCUT2D eigenvalue weighted by Gasteiger charge is 2.28. The first-order chi connectivity index (χ1) is 15.5. The number of amides is 1. The Hall–Kier alpha value is -3.36. The van der Waals surface area contributed by atoms with E-state index < -0.39 is 10.0 Å². The molecule has 1 heterocycles. The number of carbonyl (C=O) groups is 1. The number of carbonyl (C=O) groups excluding carboxylic acids is 1. The zero-order valence-electron chi connectivity index (χ0n) is 17.7. The summed E-state index contributed by atoms with van der Waals surface area (Å²) in [7, 11) is -1.99. The van der Waals surface area contributed by atoms with Crippen LogP contribution in [0.15, 0.2) is 77.7 Å². The van der Waals surface area contributed by atoms with Crippen molar-refractivity contribution in [3.63, 3.8) is 0 Å². The van der Waals surface area contributed by atoms with Crippen LogP contribution in [0.4, 0.5) is 5.69 Å². The second-order valence-electron chi connectivity index (χ2n) is 7.40. The second kappa shape index (κ2) is 9.42. The van der Waals surface area contributed by atoms with Gasteiger partial charge in [0.25, 0.3) is 5.91 Å². The Balaban J connectivity index is 1.40. The van der Waals surface area contributed by atoms with Crippen LogP contribution in [-0.4, -0.2) is 38.9 Å². The lowest BCUT2D eigenvalue weighted by Gasteiger charge is -2.28. The van der Waals surface area contributed by atoms with Crippen LogP contribution >= 0.6 is 0 Å². The van der Waals surface area contributed by atoms with Crippen LogP contribution in [0, 0.1) is 0 Å². The molecule has 0 bridgehead atoms. The molecule has 0 saturated carbocycles. The van der Waals surface area contributed by atoms with Gasteiger partial charge in [0.1, 0.15) is 11.5 Å². The van der Waals surface area contributed by atoms with Gasteiger partial charge in [-0.3, -0.25) is 4.79 Å². The summed E-state index contributed by atoms with van der Waals surface area (Å²) in [6.45, 7) is 0.544. The molecule has 0 atom stereocenters. The van der Waals surface area contributed by atoms with E-state index in [1.54, 1.807) is 61.7 Å². The summed E-state index contributed by atoms with van der Waals surface area (Å²) in [6, 6.07) is 21.0. The predicted octanol–water partition coefficient (Wildman–Crippen LogP) is 3.46. The molecule has 7 nitrogen and oxygen atoms in total. The lowest BCUT2D eigenvalue weighted by molar-refractivity contribution is -0.118. The van der Waals surface area contributed by atoms with Crippen LogP contribution in [0.2, 0.25) is 0 Å². The maximum atomic E-state index is 13.0. The summed E-state index contributed by atoms with van der Waals surface area (Å²) < 4.78 is 38.0. The zero-order valence-corrected chi connectivity index (χ0v) is 18.5. The van der Waals surface area contributed by atoms with Gasteiger partial charge < -0.3 is 14.8 Å². The number of rotatable bonds is 7. The number of anilines is 1. The van der Waals surface area contributed by atoms with E-state index in [-0.39, 0.29) is 24.0 Å². The van der Waals surface area contributed by atoms with E-state index in [2.05, 4.69) is 5.32 Å². The number of sulfonamides is 1. The van der Waals surface area contributed by atoms with Gasteiger partial charge in [0, 0.05) is 18.8 Å². The van der Waals surface area contributed by atoms with Gasteiger partial charge in [-0.15, -0.1) is 0 Å². The monoisotopic (exact) mass is 452 g/mol. The summed E-state index contributed by atoms with van der Waals surface area (Å²) in [5, 5.41) is 2.81. The van der Waals surface area contributed by atoms with Crippen LogP contribution in [-0.2, 0) is 27.8 Å². The van der Waals surface area contributed by atoms with Crippen molar-refractivity contribution >= 4 is 21.6 Å². The fourth-order valence-electron chi connectivity index (χ4n) is 3.57. The van der Waals surface area contributed by atoms with Crippen LogP contribution in [0.1, 0.15) is 11.1 Å². The summed E-state index contributed by atoms with van der Waals surface area (Å²) in [5.41, 5.74) is 2.56. The Kier molecular flexibility index (Phi) is 6.43. The minimum atomic E-state index is -3.57. The van der Waals surface area contributed by atoms with Gasteiger partial charge in [0.05, 0.1) is 12.0 Å². The van der Waals surface area contributed by atoms with Crippen molar-refractivity contribution in [2.75, 3.05) is 25.6 Å². The lowest BCUT2D eigenvalue weighted by atomic mass is 10.0. The Morgan fingerprint density at radius 3 is 2.41 bits per heavy atom. The molecule has 8 heteroatoms. The number of nitrogens with one attached hydrogen (secondary N) is 1. The topological polar surface area (TPSA) is 84.9 Å². The second-order valence-corrected chi connectivity index (χ2v) is 9.34. The van der Waals surface area contributed by atoms with Crippen molar-refractivity contribution in [1.82, 2.24) is 4.31 Å². The number of ether oxygens (including phenoxy) is 2. The molecule has 0 aliphatic carbocycles. The van der Waals surface area contributed by atoms with Crippen molar-refractivity contribution in [3.8, 4) is 11.5 Å². The molecule has 0 fully saturated rings. The number of fused-ring (bicyclic) bond motifs is 1. The molecule has 32 heavy (non-hydrogen) atoms. The summed E-state index contributed by atoms with van der Waals surface area (Å²) in [4.78, 5) is 12.6. The van der Waals surface area contributed by atoms with Gasteiger partial charge in [0.2, 0.25) is 10.0 Å². The Labute approximate surface area is 187 Å². The molecule has 166 valence electrons. The van der Waals surface area contributed by atoms with E-state index in [1.807, 2.05) is 18.2 Å². The largest absolute Gasteiger partial charge is 0.497 e. The van der Waals surface area contributed by atoms with Gasteiger partial charge in [-0.25, -0.2) is 8.42 Å². The Morgan fingerprint density at radius 2 is 1.69 bits per heavy atom. The number of hydrogen-bond acceptors (Lipinski definition) is 5.